The number of aliphatic hydroxyl groups excluding tert-OH is 2. The van der Waals surface area contributed by atoms with Crippen LogP contribution >= 0.6 is 11.6 Å². The molecule has 0 saturated carbocycles. The summed E-state index contributed by atoms with van der Waals surface area (Å²) < 4.78 is 46.2. The molecule has 1 fully saturated rings. The van der Waals surface area contributed by atoms with E-state index >= 15 is 0 Å². The molecular weight excluding hydrogens is 394 g/mol. The molecule has 1 heterocycles. The molecule has 1 aliphatic rings. The number of ether oxygens (including phenoxy) is 2. The third-order valence-corrected chi connectivity index (χ3v) is 4.24. The van der Waals surface area contributed by atoms with Crippen LogP contribution in [0.4, 0.5) is 0 Å². The van der Waals surface area contributed by atoms with Gasteiger partial charge < -0.3 is 25.0 Å². The van der Waals surface area contributed by atoms with Gasteiger partial charge in [0.05, 0.1) is 6.61 Å². The average Bonchev–Trinajstić information content (AvgIpc) is 2.54. The molecule has 0 radical (unpaired) electrons. The number of nitrogens with one attached hydrogen (secondary N) is 1. The minimum absolute atomic E-state index is 0.285. The molecule has 0 unspecified atom stereocenters. The smallest absolute Gasteiger partial charge is 0.397 e. The van der Waals surface area contributed by atoms with Crippen LogP contribution in [0, 0.1) is 0 Å². The number of halogens is 1. The quantitative estimate of drug-likeness (QED) is 0.453. The Hall–Kier alpha value is -1.47. The zero-order chi connectivity index (χ0) is 19.5. The van der Waals surface area contributed by atoms with E-state index in [1.807, 2.05) is 0 Å². The van der Waals surface area contributed by atoms with E-state index in [0.717, 1.165) is 0 Å². The highest BCUT2D eigenvalue weighted by molar-refractivity contribution is 7.80. The van der Waals surface area contributed by atoms with Gasteiger partial charge >= 0.3 is 10.4 Å². The van der Waals surface area contributed by atoms with Crippen molar-refractivity contribution in [1.82, 2.24) is 5.32 Å². The summed E-state index contributed by atoms with van der Waals surface area (Å²) in [5.41, 5.74) is 0. The molecule has 5 atom stereocenters. The lowest BCUT2D eigenvalue weighted by Gasteiger charge is -2.43. The number of rotatable bonds is 6. The minimum Gasteiger partial charge on any atom is -0.463 e. The second-order valence-electron chi connectivity index (χ2n) is 5.50. The van der Waals surface area contributed by atoms with Gasteiger partial charge in [0.2, 0.25) is 12.2 Å². The Morgan fingerprint density at radius 1 is 1.35 bits per heavy atom. The van der Waals surface area contributed by atoms with Gasteiger partial charge in [-0.2, -0.15) is 8.42 Å². The molecule has 26 heavy (non-hydrogen) atoms. The molecule has 0 bridgehead atoms. The van der Waals surface area contributed by atoms with Crippen LogP contribution in [0.3, 0.4) is 0 Å². The van der Waals surface area contributed by atoms with E-state index in [1.54, 1.807) is 0 Å². The van der Waals surface area contributed by atoms with Crippen molar-refractivity contribution < 1.29 is 41.6 Å². The molecule has 1 aromatic carbocycles. The predicted octanol–water partition coefficient (Wildman–Crippen LogP) is -0.510. The number of hydrogen-bond acceptors (Lipinski definition) is 8. The zero-order valence-electron chi connectivity index (χ0n) is 13.5. The summed E-state index contributed by atoms with van der Waals surface area (Å²) >= 11 is 5.79. The summed E-state index contributed by atoms with van der Waals surface area (Å²) in [6, 6.07) is 4.85. The summed E-state index contributed by atoms with van der Waals surface area (Å²) in [6.45, 7) is 0.424. The Balaban J connectivity index is 2.28. The maximum absolute atomic E-state index is 11.4. The number of aliphatic hydroxyl groups is 2. The average molecular weight is 412 g/mol. The van der Waals surface area contributed by atoms with Crippen molar-refractivity contribution in [3.63, 3.8) is 0 Å². The van der Waals surface area contributed by atoms with Gasteiger partial charge in [0.15, 0.2) is 0 Å². The van der Waals surface area contributed by atoms with Crippen LogP contribution in [0.2, 0.25) is 5.02 Å². The Kier molecular flexibility index (Phi) is 6.80. The predicted molar refractivity (Wildman–Crippen MR) is 87.9 cm³/mol. The molecule has 4 N–H and O–H groups in total. The van der Waals surface area contributed by atoms with Crippen molar-refractivity contribution in [2.75, 3.05) is 6.61 Å². The van der Waals surface area contributed by atoms with Gasteiger partial charge in [-0.3, -0.25) is 9.35 Å². The van der Waals surface area contributed by atoms with E-state index in [9.17, 15) is 23.4 Å². The van der Waals surface area contributed by atoms with Crippen molar-refractivity contribution >= 4 is 27.9 Å². The first kappa shape index (κ1) is 20.8. The van der Waals surface area contributed by atoms with Crippen LogP contribution in [0.25, 0.3) is 0 Å². The van der Waals surface area contributed by atoms with Crippen LogP contribution in [0.15, 0.2) is 24.3 Å². The SMILES string of the molecule is CC(=O)N[C@H]1[C@H](Oc2ccc(Cl)cc2)O[C@H](CO)[C@H](OS(=O)(=O)O)[C@@H]1O. The Bertz CT molecular complexity index is 726. The zero-order valence-corrected chi connectivity index (χ0v) is 15.1. The molecule has 0 spiro atoms. The number of benzene rings is 1. The van der Waals surface area contributed by atoms with Crippen LogP contribution in [-0.2, 0) is 24.1 Å². The first-order valence-corrected chi connectivity index (χ1v) is 9.14. The molecular formula is C14H18ClNO9S. The summed E-state index contributed by atoms with van der Waals surface area (Å²) in [7, 11) is -4.95. The third-order valence-electron chi connectivity index (χ3n) is 3.52. The molecule has 1 aromatic rings. The van der Waals surface area contributed by atoms with E-state index in [0.29, 0.717) is 5.02 Å². The normalized spacial score (nSPS) is 29.2. The van der Waals surface area contributed by atoms with Crippen molar-refractivity contribution in [3.8, 4) is 5.75 Å². The number of amides is 1. The molecule has 10 nitrogen and oxygen atoms in total. The lowest BCUT2D eigenvalue weighted by Crippen LogP contribution is -2.66. The van der Waals surface area contributed by atoms with Gasteiger partial charge in [0.1, 0.15) is 30.1 Å². The van der Waals surface area contributed by atoms with E-state index in [4.69, 9.17) is 25.6 Å². The van der Waals surface area contributed by atoms with Gasteiger partial charge in [-0.1, -0.05) is 11.6 Å². The summed E-state index contributed by atoms with van der Waals surface area (Å²) in [5.74, 6) is -0.275. The van der Waals surface area contributed by atoms with Crippen LogP contribution in [-0.4, -0.2) is 66.3 Å². The third kappa shape index (κ3) is 5.51. The Morgan fingerprint density at radius 2 is 1.96 bits per heavy atom. The van der Waals surface area contributed by atoms with E-state index in [2.05, 4.69) is 9.50 Å². The molecule has 0 aliphatic carbocycles. The maximum atomic E-state index is 11.4. The second-order valence-corrected chi connectivity index (χ2v) is 6.99. The first-order chi connectivity index (χ1) is 12.1. The number of hydrogen-bond donors (Lipinski definition) is 4. The summed E-state index contributed by atoms with van der Waals surface area (Å²) in [4.78, 5) is 11.4. The van der Waals surface area contributed by atoms with E-state index in [1.165, 1.54) is 31.2 Å². The summed E-state index contributed by atoms with van der Waals surface area (Å²) in [5, 5.41) is 22.7. The van der Waals surface area contributed by atoms with Gasteiger partial charge in [-0.15, -0.1) is 0 Å². The fraction of sp³-hybridized carbons (Fsp3) is 0.500. The lowest BCUT2D eigenvalue weighted by atomic mass is 9.97. The van der Waals surface area contributed by atoms with Crippen molar-refractivity contribution in [3.05, 3.63) is 29.3 Å². The van der Waals surface area contributed by atoms with E-state index < -0.39 is 53.6 Å². The second kappa shape index (κ2) is 8.48. The Labute approximate surface area is 154 Å². The molecule has 1 amide bonds. The van der Waals surface area contributed by atoms with Crippen LogP contribution in [0.5, 0.6) is 5.75 Å². The maximum Gasteiger partial charge on any atom is 0.397 e. The van der Waals surface area contributed by atoms with Crippen molar-refractivity contribution in [2.24, 2.45) is 0 Å². The standard InChI is InChI=1S/C14H18ClNO9S/c1-7(18)16-11-12(19)13(25-26(20,21)22)10(6-17)24-14(11)23-9-4-2-8(15)3-5-9/h2-5,10-14,17,19H,6H2,1H3,(H,16,18)(H,20,21,22)/t10-,11-,12-,13+,14-/m1/s1. The molecule has 0 aromatic heterocycles. The fourth-order valence-corrected chi connectivity index (χ4v) is 3.11. The van der Waals surface area contributed by atoms with Crippen molar-refractivity contribution in [2.45, 2.75) is 37.6 Å². The molecule has 146 valence electrons. The van der Waals surface area contributed by atoms with Crippen LogP contribution < -0.4 is 10.1 Å². The van der Waals surface area contributed by atoms with Gasteiger partial charge in [0, 0.05) is 11.9 Å². The molecule has 12 heteroatoms. The molecule has 2 rings (SSSR count). The first-order valence-electron chi connectivity index (χ1n) is 7.40. The topological polar surface area (TPSA) is 152 Å². The highest BCUT2D eigenvalue weighted by atomic mass is 35.5. The van der Waals surface area contributed by atoms with Gasteiger partial charge in [-0.25, -0.2) is 4.18 Å². The summed E-state index contributed by atoms with van der Waals surface area (Å²) in [6.07, 6.45) is -5.98. The Morgan fingerprint density at radius 3 is 2.46 bits per heavy atom. The van der Waals surface area contributed by atoms with Gasteiger partial charge in [0.25, 0.3) is 0 Å². The largest absolute Gasteiger partial charge is 0.463 e. The molecule has 1 aliphatic heterocycles. The lowest BCUT2D eigenvalue weighted by molar-refractivity contribution is -0.239. The van der Waals surface area contributed by atoms with E-state index in [-0.39, 0.29) is 5.75 Å². The van der Waals surface area contributed by atoms with Gasteiger partial charge in [-0.05, 0) is 24.3 Å². The van der Waals surface area contributed by atoms with Crippen molar-refractivity contribution in [1.29, 1.82) is 0 Å². The highest BCUT2D eigenvalue weighted by Crippen LogP contribution is 2.27. The monoisotopic (exact) mass is 411 g/mol. The number of carbonyl (C=O) groups excluding carboxylic acids is 1. The molecule has 1 saturated heterocycles. The fourth-order valence-electron chi connectivity index (χ4n) is 2.46. The minimum atomic E-state index is -4.95. The highest BCUT2D eigenvalue weighted by Gasteiger charge is 2.49. The van der Waals surface area contributed by atoms with Crippen LogP contribution in [0.1, 0.15) is 6.92 Å². The number of carbonyl (C=O) groups is 1.